The van der Waals surface area contributed by atoms with Crippen LogP contribution in [0.4, 0.5) is 15.8 Å². The summed E-state index contributed by atoms with van der Waals surface area (Å²) in [5.74, 6) is -0.243. The van der Waals surface area contributed by atoms with Crippen molar-refractivity contribution in [1.29, 1.82) is 0 Å². The van der Waals surface area contributed by atoms with Gasteiger partial charge in [0.25, 0.3) is 0 Å². The van der Waals surface area contributed by atoms with Crippen LogP contribution in [0.25, 0.3) is 0 Å². The highest BCUT2D eigenvalue weighted by molar-refractivity contribution is 9.10. The molecule has 2 nitrogen and oxygen atoms in total. The monoisotopic (exact) mass is 348 g/mol. The van der Waals surface area contributed by atoms with Crippen molar-refractivity contribution in [1.82, 2.24) is 0 Å². The lowest BCUT2D eigenvalue weighted by Crippen LogP contribution is -2.24. The molecule has 0 aliphatic carbocycles. The molecular formula is C17H18BrFN2. The van der Waals surface area contributed by atoms with Gasteiger partial charge in [0.1, 0.15) is 5.82 Å². The highest BCUT2D eigenvalue weighted by Crippen LogP contribution is 2.27. The first-order valence-electron chi connectivity index (χ1n) is 7.15. The SMILES string of the molecule is CN1CCCc2cc(CNc3ccc(Br)c(F)c3)ccc21. The number of fused-ring (bicyclic) bond motifs is 1. The maximum atomic E-state index is 13.5. The van der Waals surface area contributed by atoms with Crippen LogP contribution in [-0.4, -0.2) is 13.6 Å². The first-order valence-corrected chi connectivity index (χ1v) is 7.94. The highest BCUT2D eigenvalue weighted by atomic mass is 79.9. The second-order valence-electron chi connectivity index (χ2n) is 5.47. The third-order valence-electron chi connectivity index (χ3n) is 3.91. The molecule has 3 rings (SSSR count). The van der Waals surface area contributed by atoms with E-state index in [-0.39, 0.29) is 5.82 Å². The zero-order valence-electron chi connectivity index (χ0n) is 12.0. The Morgan fingerprint density at radius 3 is 2.90 bits per heavy atom. The fourth-order valence-corrected chi connectivity index (χ4v) is 3.01. The fraction of sp³-hybridized carbons (Fsp3) is 0.294. The van der Waals surface area contributed by atoms with Crippen LogP contribution in [0.5, 0.6) is 0 Å². The molecule has 1 heterocycles. The minimum atomic E-state index is -0.243. The van der Waals surface area contributed by atoms with Crippen molar-refractivity contribution < 1.29 is 4.39 Å². The summed E-state index contributed by atoms with van der Waals surface area (Å²) in [6, 6.07) is 11.7. The van der Waals surface area contributed by atoms with Crippen LogP contribution in [0, 0.1) is 5.82 Å². The van der Waals surface area contributed by atoms with Gasteiger partial charge in [-0.2, -0.15) is 0 Å². The van der Waals surface area contributed by atoms with Crippen LogP contribution in [0.2, 0.25) is 0 Å². The van der Waals surface area contributed by atoms with Crippen molar-refractivity contribution in [2.45, 2.75) is 19.4 Å². The average molecular weight is 349 g/mol. The molecule has 0 unspecified atom stereocenters. The summed E-state index contributed by atoms with van der Waals surface area (Å²) in [4.78, 5) is 2.31. The predicted octanol–water partition coefficient (Wildman–Crippen LogP) is 4.58. The van der Waals surface area contributed by atoms with E-state index < -0.39 is 0 Å². The van der Waals surface area contributed by atoms with Crippen molar-refractivity contribution >= 4 is 27.3 Å². The van der Waals surface area contributed by atoms with Crippen molar-refractivity contribution in [2.24, 2.45) is 0 Å². The van der Waals surface area contributed by atoms with Gasteiger partial charge in [0.2, 0.25) is 0 Å². The third-order valence-corrected chi connectivity index (χ3v) is 4.55. The second kappa shape index (κ2) is 6.06. The van der Waals surface area contributed by atoms with E-state index in [0.29, 0.717) is 11.0 Å². The number of rotatable bonds is 3. The number of aryl methyl sites for hydroxylation is 1. The van der Waals surface area contributed by atoms with Crippen LogP contribution in [0.15, 0.2) is 40.9 Å². The summed E-state index contributed by atoms with van der Waals surface area (Å²) < 4.78 is 14.0. The molecule has 0 bridgehead atoms. The average Bonchev–Trinajstić information content (AvgIpc) is 2.49. The van der Waals surface area contributed by atoms with E-state index in [1.165, 1.54) is 29.3 Å². The summed E-state index contributed by atoms with van der Waals surface area (Å²) in [5, 5.41) is 3.27. The first-order chi connectivity index (χ1) is 10.1. The maximum Gasteiger partial charge on any atom is 0.139 e. The highest BCUT2D eigenvalue weighted by Gasteiger charge is 2.13. The molecule has 0 aromatic heterocycles. The maximum absolute atomic E-state index is 13.5. The van der Waals surface area contributed by atoms with Gasteiger partial charge in [0.15, 0.2) is 0 Å². The van der Waals surface area contributed by atoms with Crippen molar-refractivity contribution in [3.8, 4) is 0 Å². The molecule has 0 amide bonds. The summed E-state index contributed by atoms with van der Waals surface area (Å²) in [5.41, 5.74) is 4.77. The van der Waals surface area contributed by atoms with Crippen molar-refractivity contribution in [2.75, 3.05) is 23.8 Å². The number of benzene rings is 2. The van der Waals surface area contributed by atoms with Crippen molar-refractivity contribution in [3.63, 3.8) is 0 Å². The van der Waals surface area contributed by atoms with E-state index in [4.69, 9.17) is 0 Å². The Bertz CT molecular complexity index is 657. The fourth-order valence-electron chi connectivity index (χ4n) is 2.76. The Hall–Kier alpha value is -1.55. The molecule has 1 N–H and O–H groups in total. The lowest BCUT2D eigenvalue weighted by Gasteiger charge is -2.27. The van der Waals surface area contributed by atoms with E-state index in [1.54, 1.807) is 6.07 Å². The van der Waals surface area contributed by atoms with Gasteiger partial charge in [-0.25, -0.2) is 4.39 Å². The molecule has 0 saturated heterocycles. The summed E-state index contributed by atoms with van der Waals surface area (Å²) in [6.45, 7) is 1.83. The molecule has 0 atom stereocenters. The van der Waals surface area contributed by atoms with E-state index in [9.17, 15) is 4.39 Å². The minimum Gasteiger partial charge on any atom is -0.381 e. The number of nitrogens with one attached hydrogen (secondary N) is 1. The van der Waals surface area contributed by atoms with Crippen LogP contribution in [-0.2, 0) is 13.0 Å². The Labute approximate surface area is 133 Å². The Morgan fingerprint density at radius 2 is 2.10 bits per heavy atom. The van der Waals surface area contributed by atoms with Gasteiger partial charge in [-0.15, -0.1) is 0 Å². The molecule has 1 aliphatic heterocycles. The zero-order chi connectivity index (χ0) is 14.8. The molecule has 110 valence electrons. The zero-order valence-corrected chi connectivity index (χ0v) is 13.6. The van der Waals surface area contributed by atoms with E-state index in [2.05, 4.69) is 51.4 Å². The molecule has 21 heavy (non-hydrogen) atoms. The number of halogens is 2. The molecule has 2 aromatic rings. The van der Waals surface area contributed by atoms with E-state index >= 15 is 0 Å². The van der Waals surface area contributed by atoms with Gasteiger partial charge in [-0.3, -0.25) is 0 Å². The standard InChI is InChI=1S/C17H18BrFN2/c1-21-8-2-3-13-9-12(4-7-17(13)21)11-20-14-5-6-15(18)16(19)10-14/h4-7,9-10,20H,2-3,8,11H2,1H3. The summed E-state index contributed by atoms with van der Waals surface area (Å²) in [6.07, 6.45) is 2.35. The lowest BCUT2D eigenvalue weighted by molar-refractivity contribution is 0.621. The Kier molecular flexibility index (Phi) is 4.15. The molecule has 0 radical (unpaired) electrons. The Morgan fingerprint density at radius 1 is 1.24 bits per heavy atom. The summed E-state index contributed by atoms with van der Waals surface area (Å²) in [7, 11) is 2.14. The first kappa shape index (κ1) is 14.4. The van der Waals surface area contributed by atoms with E-state index in [1.807, 2.05) is 6.07 Å². The van der Waals surface area contributed by atoms with Gasteiger partial charge in [0.05, 0.1) is 4.47 Å². The van der Waals surface area contributed by atoms with Crippen LogP contribution in [0.3, 0.4) is 0 Å². The molecule has 0 spiro atoms. The van der Waals surface area contributed by atoms with Crippen LogP contribution >= 0.6 is 15.9 Å². The molecule has 4 heteroatoms. The quantitative estimate of drug-likeness (QED) is 0.872. The van der Waals surface area contributed by atoms with Gasteiger partial charge in [-0.1, -0.05) is 12.1 Å². The molecule has 0 fully saturated rings. The predicted molar refractivity (Wildman–Crippen MR) is 89.5 cm³/mol. The Balaban J connectivity index is 1.72. The molecule has 1 aliphatic rings. The topological polar surface area (TPSA) is 15.3 Å². The second-order valence-corrected chi connectivity index (χ2v) is 6.32. The van der Waals surface area contributed by atoms with Crippen molar-refractivity contribution in [3.05, 3.63) is 57.8 Å². The lowest BCUT2D eigenvalue weighted by atomic mass is 9.99. The van der Waals surface area contributed by atoms with Gasteiger partial charge < -0.3 is 10.2 Å². The largest absolute Gasteiger partial charge is 0.381 e. The van der Waals surface area contributed by atoms with Crippen LogP contribution in [0.1, 0.15) is 17.5 Å². The molecular weight excluding hydrogens is 331 g/mol. The normalized spacial score (nSPS) is 14.0. The third kappa shape index (κ3) is 3.21. The van der Waals surface area contributed by atoms with Gasteiger partial charge in [-0.05, 0) is 64.2 Å². The van der Waals surface area contributed by atoms with Crippen LogP contribution < -0.4 is 10.2 Å². The smallest absolute Gasteiger partial charge is 0.139 e. The number of anilines is 2. The van der Waals surface area contributed by atoms with E-state index in [0.717, 1.165) is 18.7 Å². The summed E-state index contributed by atoms with van der Waals surface area (Å²) >= 11 is 3.16. The molecule has 0 saturated carbocycles. The number of nitrogens with zero attached hydrogens (tertiary/aromatic N) is 1. The van der Waals surface area contributed by atoms with Gasteiger partial charge >= 0.3 is 0 Å². The number of hydrogen-bond acceptors (Lipinski definition) is 2. The minimum absolute atomic E-state index is 0.243. The molecule has 2 aromatic carbocycles. The number of hydrogen-bond donors (Lipinski definition) is 1. The van der Waals surface area contributed by atoms with Gasteiger partial charge in [0, 0.05) is 31.5 Å².